The molecule has 3 rings (SSSR count). The summed E-state index contributed by atoms with van der Waals surface area (Å²) in [4.78, 5) is 0. The van der Waals surface area contributed by atoms with Gasteiger partial charge in [-0.3, -0.25) is 0 Å². The van der Waals surface area contributed by atoms with Crippen LogP contribution in [-0.4, -0.2) is 4.57 Å². The molecule has 1 aromatic heterocycles. The Bertz CT molecular complexity index is 986. The van der Waals surface area contributed by atoms with Gasteiger partial charge in [0.1, 0.15) is 17.7 Å². The highest BCUT2D eigenvalue weighted by atomic mass is 15.0. The van der Waals surface area contributed by atoms with Gasteiger partial charge in [0.15, 0.2) is 0 Å². The Labute approximate surface area is 135 Å². The van der Waals surface area contributed by atoms with Crippen molar-refractivity contribution in [3.63, 3.8) is 0 Å². The van der Waals surface area contributed by atoms with Crippen LogP contribution in [0, 0.1) is 36.5 Å². The van der Waals surface area contributed by atoms with Crippen LogP contribution in [0.15, 0.2) is 54.1 Å². The van der Waals surface area contributed by atoms with Crippen LogP contribution in [0.1, 0.15) is 17.0 Å². The summed E-state index contributed by atoms with van der Waals surface area (Å²) >= 11 is 0. The van der Waals surface area contributed by atoms with Crippen molar-refractivity contribution in [2.24, 2.45) is 0 Å². The summed E-state index contributed by atoms with van der Waals surface area (Å²) in [7, 11) is 0. The first-order valence-corrected chi connectivity index (χ1v) is 7.34. The zero-order valence-electron chi connectivity index (χ0n) is 13.0. The van der Waals surface area contributed by atoms with E-state index in [4.69, 9.17) is 10.5 Å². The second-order valence-electron chi connectivity index (χ2n) is 5.44. The topological polar surface area (TPSA) is 52.5 Å². The van der Waals surface area contributed by atoms with Crippen molar-refractivity contribution >= 4 is 16.8 Å². The molecule has 3 aromatic rings. The van der Waals surface area contributed by atoms with Crippen molar-refractivity contribution in [3.8, 4) is 17.8 Å². The van der Waals surface area contributed by atoms with Crippen molar-refractivity contribution in [3.05, 3.63) is 71.1 Å². The summed E-state index contributed by atoms with van der Waals surface area (Å²) in [6.45, 7) is 4.04. The lowest BCUT2D eigenvalue weighted by Crippen LogP contribution is -2.00. The van der Waals surface area contributed by atoms with Crippen LogP contribution in [-0.2, 0) is 0 Å². The van der Waals surface area contributed by atoms with E-state index < -0.39 is 0 Å². The Morgan fingerprint density at radius 2 is 1.70 bits per heavy atom. The third kappa shape index (κ3) is 2.50. The number of hydrogen-bond acceptors (Lipinski definition) is 2. The molecule has 0 spiro atoms. The lowest BCUT2D eigenvalue weighted by atomic mass is 10.1. The molecule has 0 atom stereocenters. The second-order valence-corrected chi connectivity index (χ2v) is 5.44. The largest absolute Gasteiger partial charge is 0.317 e. The lowest BCUT2D eigenvalue weighted by Gasteiger charge is -2.13. The third-order valence-electron chi connectivity index (χ3n) is 4.02. The number of aryl methyl sites for hydroxylation is 1. The van der Waals surface area contributed by atoms with E-state index >= 15 is 0 Å². The maximum atomic E-state index is 8.97. The molecule has 0 N–H and O–H groups in total. The molecule has 0 aliphatic heterocycles. The number of nitrogens with zero attached hydrogens (tertiary/aromatic N) is 3. The zero-order valence-corrected chi connectivity index (χ0v) is 13.0. The molecule has 0 radical (unpaired) electrons. The van der Waals surface area contributed by atoms with Crippen LogP contribution < -0.4 is 0 Å². The summed E-state index contributed by atoms with van der Waals surface area (Å²) in [5.74, 6) is 0. The van der Waals surface area contributed by atoms with Crippen LogP contribution >= 0.6 is 0 Å². The third-order valence-corrected chi connectivity index (χ3v) is 4.02. The summed E-state index contributed by atoms with van der Waals surface area (Å²) < 4.78 is 2.17. The number of fused-ring (bicyclic) bond motifs is 1. The maximum absolute atomic E-state index is 8.97. The smallest absolute Gasteiger partial charge is 0.130 e. The number of aromatic nitrogens is 1. The average Bonchev–Trinajstić information content (AvgIpc) is 2.85. The van der Waals surface area contributed by atoms with Gasteiger partial charge in [-0.1, -0.05) is 36.4 Å². The zero-order chi connectivity index (χ0) is 16.4. The molecular weight excluding hydrogens is 282 g/mol. The number of rotatable bonds is 2. The van der Waals surface area contributed by atoms with Crippen molar-refractivity contribution in [2.75, 3.05) is 0 Å². The highest BCUT2D eigenvalue weighted by Crippen LogP contribution is 2.28. The highest BCUT2D eigenvalue weighted by Gasteiger charge is 2.12. The van der Waals surface area contributed by atoms with Crippen LogP contribution in [0.5, 0.6) is 0 Å². The Hall–Kier alpha value is -3.30. The normalized spacial score (nSPS) is 10.1. The molecule has 0 aliphatic carbocycles. The molecule has 3 nitrogen and oxygen atoms in total. The van der Waals surface area contributed by atoms with Crippen molar-refractivity contribution in [1.29, 1.82) is 10.5 Å². The summed E-state index contributed by atoms with van der Waals surface area (Å²) in [5, 5.41) is 20.3. The molecule has 0 bridgehead atoms. The van der Waals surface area contributed by atoms with Gasteiger partial charge in [0.25, 0.3) is 0 Å². The van der Waals surface area contributed by atoms with E-state index in [1.54, 1.807) is 6.08 Å². The van der Waals surface area contributed by atoms with E-state index in [1.165, 1.54) is 10.8 Å². The van der Waals surface area contributed by atoms with Gasteiger partial charge in [-0.25, -0.2) is 0 Å². The van der Waals surface area contributed by atoms with Crippen molar-refractivity contribution < 1.29 is 0 Å². The van der Waals surface area contributed by atoms with Crippen LogP contribution in [0.25, 0.3) is 22.5 Å². The van der Waals surface area contributed by atoms with E-state index in [-0.39, 0.29) is 5.57 Å². The summed E-state index contributed by atoms with van der Waals surface area (Å²) in [6, 6.07) is 20.3. The van der Waals surface area contributed by atoms with Gasteiger partial charge in [-0.05, 0) is 43.0 Å². The average molecular weight is 297 g/mol. The van der Waals surface area contributed by atoms with Crippen LogP contribution in [0.3, 0.4) is 0 Å². The number of benzene rings is 2. The quantitative estimate of drug-likeness (QED) is 0.645. The minimum Gasteiger partial charge on any atom is -0.317 e. The predicted molar refractivity (Wildman–Crippen MR) is 92.0 cm³/mol. The molecule has 0 fully saturated rings. The molecule has 0 amide bonds. The van der Waals surface area contributed by atoms with Gasteiger partial charge in [0, 0.05) is 16.8 Å². The summed E-state index contributed by atoms with van der Waals surface area (Å²) in [5.41, 5.74) is 4.20. The Balaban J connectivity index is 2.26. The minimum absolute atomic E-state index is 0.114. The fourth-order valence-electron chi connectivity index (χ4n) is 2.95. The van der Waals surface area contributed by atoms with Crippen molar-refractivity contribution in [1.82, 2.24) is 4.57 Å². The Morgan fingerprint density at radius 1 is 1.00 bits per heavy atom. The molecule has 2 aromatic carbocycles. The number of nitriles is 2. The maximum Gasteiger partial charge on any atom is 0.130 e. The molecule has 23 heavy (non-hydrogen) atoms. The first-order valence-electron chi connectivity index (χ1n) is 7.34. The van der Waals surface area contributed by atoms with Crippen molar-refractivity contribution in [2.45, 2.75) is 13.8 Å². The minimum atomic E-state index is 0.114. The molecule has 0 unspecified atom stereocenters. The van der Waals surface area contributed by atoms with Crippen LogP contribution in [0.2, 0.25) is 0 Å². The monoisotopic (exact) mass is 297 g/mol. The van der Waals surface area contributed by atoms with Gasteiger partial charge in [0.05, 0.1) is 5.69 Å². The van der Waals surface area contributed by atoms with Gasteiger partial charge >= 0.3 is 0 Å². The number of allylic oxidation sites excluding steroid dienone is 1. The van der Waals surface area contributed by atoms with E-state index in [2.05, 4.69) is 28.8 Å². The highest BCUT2D eigenvalue weighted by molar-refractivity contribution is 5.90. The van der Waals surface area contributed by atoms with Gasteiger partial charge in [-0.15, -0.1) is 0 Å². The fraction of sp³-hybridized carbons (Fsp3) is 0.100. The Morgan fingerprint density at radius 3 is 2.43 bits per heavy atom. The molecule has 110 valence electrons. The first-order chi connectivity index (χ1) is 11.2. The standard InChI is InChI=1S/C20H15N3/c1-14-10-18(11-16(12-21)13-22)15(2)23(14)20-9-5-7-17-6-3-4-8-19(17)20/h3-11H,1-2H3. The fourth-order valence-corrected chi connectivity index (χ4v) is 2.95. The van der Waals surface area contributed by atoms with E-state index in [9.17, 15) is 0 Å². The second kappa shape index (κ2) is 5.83. The van der Waals surface area contributed by atoms with E-state index in [1.807, 2.05) is 50.3 Å². The summed E-state index contributed by atoms with van der Waals surface area (Å²) in [6.07, 6.45) is 1.64. The molecule has 0 saturated heterocycles. The molecule has 3 heteroatoms. The predicted octanol–water partition coefficient (Wildman–Crippen LogP) is 4.68. The Kier molecular flexibility index (Phi) is 3.71. The van der Waals surface area contributed by atoms with Gasteiger partial charge in [0.2, 0.25) is 0 Å². The molecular formula is C20H15N3. The molecule has 0 saturated carbocycles. The van der Waals surface area contributed by atoms with Gasteiger partial charge < -0.3 is 4.57 Å². The first kappa shape index (κ1) is 14.6. The van der Waals surface area contributed by atoms with E-state index in [0.717, 1.165) is 22.6 Å². The number of hydrogen-bond donors (Lipinski definition) is 0. The SMILES string of the molecule is Cc1cc(C=C(C#N)C#N)c(C)n1-c1cccc2ccccc12. The lowest BCUT2D eigenvalue weighted by molar-refractivity contribution is 0.973. The van der Waals surface area contributed by atoms with E-state index in [0.29, 0.717) is 0 Å². The molecule has 1 heterocycles. The van der Waals surface area contributed by atoms with Crippen LogP contribution in [0.4, 0.5) is 0 Å². The molecule has 0 aliphatic rings. The van der Waals surface area contributed by atoms with Gasteiger partial charge in [-0.2, -0.15) is 10.5 Å².